The van der Waals surface area contributed by atoms with Crippen LogP contribution in [0.3, 0.4) is 0 Å². The molecule has 1 fully saturated rings. The van der Waals surface area contributed by atoms with Crippen LogP contribution in [0.25, 0.3) is 0 Å². The third-order valence-corrected chi connectivity index (χ3v) is 9.90. The molecule has 4 rings (SSSR count). The van der Waals surface area contributed by atoms with Gasteiger partial charge in [-0.25, -0.2) is 8.42 Å². The van der Waals surface area contributed by atoms with Crippen LogP contribution in [0.15, 0.2) is 77.7 Å². The number of sulfonamides is 1. The van der Waals surface area contributed by atoms with Crippen molar-refractivity contribution in [2.75, 3.05) is 31.6 Å². The van der Waals surface area contributed by atoms with Gasteiger partial charge in [0, 0.05) is 18.7 Å². The fraction of sp³-hybridized carbons (Fsp3) is 0.412. The molecule has 0 bridgehead atoms. The molecule has 0 heterocycles. The van der Waals surface area contributed by atoms with E-state index >= 15 is 0 Å². The van der Waals surface area contributed by atoms with Crippen molar-refractivity contribution < 1.29 is 27.5 Å². The van der Waals surface area contributed by atoms with Crippen molar-refractivity contribution in [2.24, 2.45) is 0 Å². The van der Waals surface area contributed by atoms with Crippen LogP contribution < -0.4 is 19.1 Å². The number of ether oxygens (including phenoxy) is 2. The molecule has 10 heteroatoms. The fourth-order valence-electron chi connectivity index (χ4n) is 5.61. The first-order valence-electron chi connectivity index (χ1n) is 15.1. The van der Waals surface area contributed by atoms with Gasteiger partial charge in [-0.2, -0.15) is 0 Å². The van der Waals surface area contributed by atoms with Gasteiger partial charge in [0.2, 0.25) is 11.8 Å². The minimum absolute atomic E-state index is 0.0486. The summed E-state index contributed by atoms with van der Waals surface area (Å²) < 4.78 is 40.2. The van der Waals surface area contributed by atoms with Gasteiger partial charge in [0.1, 0.15) is 12.6 Å². The predicted molar refractivity (Wildman–Crippen MR) is 172 cm³/mol. The Bertz CT molecular complexity index is 1510. The molecule has 3 aromatic rings. The molecule has 3 aromatic carbocycles. The molecule has 0 aliphatic heterocycles. The van der Waals surface area contributed by atoms with Crippen LogP contribution in [0.2, 0.25) is 0 Å². The highest BCUT2D eigenvalue weighted by Gasteiger charge is 2.34. The molecule has 44 heavy (non-hydrogen) atoms. The molecule has 9 nitrogen and oxygen atoms in total. The molecule has 1 N–H and O–H groups in total. The fourth-order valence-corrected chi connectivity index (χ4v) is 7.02. The van der Waals surface area contributed by atoms with Crippen molar-refractivity contribution in [1.29, 1.82) is 0 Å². The number of aryl methyl sites for hydroxylation is 1. The van der Waals surface area contributed by atoms with E-state index in [0.717, 1.165) is 41.1 Å². The lowest BCUT2D eigenvalue weighted by Crippen LogP contribution is -2.54. The summed E-state index contributed by atoms with van der Waals surface area (Å²) in [5.41, 5.74) is 2.16. The second kappa shape index (κ2) is 15.1. The number of nitrogens with zero attached hydrogens (tertiary/aromatic N) is 2. The largest absolute Gasteiger partial charge is 0.493 e. The molecule has 0 spiro atoms. The van der Waals surface area contributed by atoms with Gasteiger partial charge in [-0.15, -0.1) is 0 Å². The summed E-state index contributed by atoms with van der Waals surface area (Å²) in [7, 11) is -1.24. The Morgan fingerprint density at radius 2 is 1.59 bits per heavy atom. The maximum absolute atomic E-state index is 14.3. The number of nitrogens with one attached hydrogen (secondary N) is 1. The molecule has 1 aliphatic carbocycles. The van der Waals surface area contributed by atoms with Crippen LogP contribution in [0.1, 0.15) is 50.2 Å². The molecule has 236 valence electrons. The monoisotopic (exact) mass is 621 g/mol. The zero-order chi connectivity index (χ0) is 31.7. The summed E-state index contributed by atoms with van der Waals surface area (Å²) in [6.07, 6.45) is 4.87. The molecule has 1 saturated carbocycles. The number of carbonyl (C=O) groups is 2. The lowest BCUT2D eigenvalue weighted by Gasteiger charge is -2.34. The molecule has 1 atom stereocenters. The van der Waals surface area contributed by atoms with Gasteiger partial charge < -0.3 is 19.7 Å². The summed E-state index contributed by atoms with van der Waals surface area (Å²) in [6.45, 7) is 3.49. The minimum Gasteiger partial charge on any atom is -0.493 e. The van der Waals surface area contributed by atoms with E-state index in [0.29, 0.717) is 24.3 Å². The number of amides is 2. The molecule has 0 aromatic heterocycles. The standard InChI is InChI=1S/C34H43N3O6S/c1-5-30(34(39)35-27-13-9-10-14-27)36(22-21-26-11-7-6-8-12-26)33(38)24-37(28-17-20-31(42-3)32(23-28)43-4)44(40,41)29-18-15-25(2)16-19-29/h6-8,11-12,15-20,23,27,30H,5,9-10,13-14,21-22,24H2,1-4H3,(H,35,39)/t30-/m0/s1. The number of hydrogen-bond acceptors (Lipinski definition) is 6. The Morgan fingerprint density at radius 1 is 0.932 bits per heavy atom. The molecular weight excluding hydrogens is 578 g/mol. The van der Waals surface area contributed by atoms with Gasteiger partial charge in [-0.05, 0) is 62.4 Å². The number of hydrogen-bond donors (Lipinski definition) is 1. The van der Waals surface area contributed by atoms with E-state index < -0.39 is 28.5 Å². The maximum atomic E-state index is 14.3. The third-order valence-electron chi connectivity index (χ3n) is 8.11. The highest BCUT2D eigenvalue weighted by Crippen LogP contribution is 2.34. The summed E-state index contributed by atoms with van der Waals surface area (Å²) in [6, 6.07) is 20.3. The predicted octanol–water partition coefficient (Wildman–Crippen LogP) is 5.12. The van der Waals surface area contributed by atoms with Crippen LogP contribution >= 0.6 is 0 Å². The number of rotatable bonds is 14. The van der Waals surface area contributed by atoms with E-state index in [-0.39, 0.29) is 29.1 Å². The molecule has 2 amide bonds. The van der Waals surface area contributed by atoms with Gasteiger partial charge in [-0.1, -0.05) is 67.8 Å². The molecular formula is C34H43N3O6S. The Hall–Kier alpha value is -4.05. The van der Waals surface area contributed by atoms with Crippen LogP contribution in [-0.4, -0.2) is 64.5 Å². The smallest absolute Gasteiger partial charge is 0.264 e. The van der Waals surface area contributed by atoms with E-state index in [9.17, 15) is 18.0 Å². The van der Waals surface area contributed by atoms with Gasteiger partial charge in [0.25, 0.3) is 10.0 Å². The lowest BCUT2D eigenvalue weighted by molar-refractivity contribution is -0.139. The molecule has 0 unspecified atom stereocenters. The summed E-state index contributed by atoms with van der Waals surface area (Å²) in [5, 5.41) is 3.14. The first-order chi connectivity index (χ1) is 21.2. The Kier molecular flexibility index (Phi) is 11.3. The maximum Gasteiger partial charge on any atom is 0.264 e. The van der Waals surface area contributed by atoms with Crippen molar-refractivity contribution in [3.05, 3.63) is 83.9 Å². The quantitative estimate of drug-likeness (QED) is 0.268. The SMILES string of the molecule is CC[C@@H](C(=O)NC1CCCC1)N(CCc1ccccc1)C(=O)CN(c1ccc(OC)c(OC)c1)S(=O)(=O)c1ccc(C)cc1. The van der Waals surface area contributed by atoms with Crippen LogP contribution in [0, 0.1) is 6.92 Å². The zero-order valence-corrected chi connectivity index (χ0v) is 26.8. The van der Waals surface area contributed by atoms with Crippen molar-refractivity contribution in [1.82, 2.24) is 10.2 Å². The highest BCUT2D eigenvalue weighted by atomic mass is 32.2. The zero-order valence-electron chi connectivity index (χ0n) is 26.0. The average Bonchev–Trinajstić information content (AvgIpc) is 3.55. The van der Waals surface area contributed by atoms with E-state index in [4.69, 9.17) is 9.47 Å². The molecule has 0 radical (unpaired) electrons. The van der Waals surface area contributed by atoms with E-state index in [1.807, 2.05) is 44.2 Å². The van der Waals surface area contributed by atoms with Gasteiger partial charge in [-0.3, -0.25) is 13.9 Å². The topological polar surface area (TPSA) is 105 Å². The minimum atomic E-state index is -4.19. The normalized spacial score (nSPS) is 14.1. The third kappa shape index (κ3) is 7.91. The lowest BCUT2D eigenvalue weighted by atomic mass is 10.1. The van der Waals surface area contributed by atoms with Gasteiger partial charge in [0.05, 0.1) is 24.8 Å². The summed E-state index contributed by atoms with van der Waals surface area (Å²) >= 11 is 0. The Labute approximate surface area is 261 Å². The van der Waals surface area contributed by atoms with Crippen molar-refractivity contribution in [3.63, 3.8) is 0 Å². The Balaban J connectivity index is 1.72. The number of benzene rings is 3. The number of carbonyl (C=O) groups excluding carboxylic acids is 2. The first kappa shape index (κ1) is 32.9. The number of methoxy groups -OCH3 is 2. The van der Waals surface area contributed by atoms with Crippen molar-refractivity contribution >= 4 is 27.5 Å². The first-order valence-corrected chi connectivity index (χ1v) is 16.6. The second-order valence-corrected chi connectivity index (χ2v) is 13.0. The second-order valence-electron chi connectivity index (χ2n) is 11.1. The molecule has 0 saturated heterocycles. The molecule has 1 aliphatic rings. The van der Waals surface area contributed by atoms with Crippen LogP contribution in [0.4, 0.5) is 5.69 Å². The van der Waals surface area contributed by atoms with Crippen molar-refractivity contribution in [3.8, 4) is 11.5 Å². The van der Waals surface area contributed by atoms with E-state index in [1.54, 1.807) is 24.3 Å². The van der Waals surface area contributed by atoms with Gasteiger partial charge in [0.15, 0.2) is 11.5 Å². The summed E-state index contributed by atoms with van der Waals surface area (Å²) in [4.78, 5) is 29.5. The van der Waals surface area contributed by atoms with Crippen LogP contribution in [-0.2, 0) is 26.0 Å². The Morgan fingerprint density at radius 3 is 2.20 bits per heavy atom. The summed E-state index contributed by atoms with van der Waals surface area (Å²) in [5.74, 6) is 0.0685. The van der Waals surface area contributed by atoms with E-state index in [2.05, 4.69) is 5.32 Å². The van der Waals surface area contributed by atoms with Gasteiger partial charge >= 0.3 is 0 Å². The van der Waals surface area contributed by atoms with Crippen LogP contribution in [0.5, 0.6) is 11.5 Å². The highest BCUT2D eigenvalue weighted by molar-refractivity contribution is 7.92. The van der Waals surface area contributed by atoms with E-state index in [1.165, 1.54) is 37.3 Å². The van der Waals surface area contributed by atoms with Crippen molar-refractivity contribution in [2.45, 2.75) is 69.4 Å². The number of anilines is 1. The average molecular weight is 622 g/mol.